The maximum Gasteiger partial charge on any atom is 0.111 e. The lowest BCUT2D eigenvalue weighted by molar-refractivity contribution is -0.230. The number of aliphatic hydroxyl groups is 4. The van der Waals surface area contributed by atoms with Crippen LogP contribution in [0.1, 0.15) is 26.7 Å². The Kier molecular flexibility index (Phi) is 5.14. The number of hydrogen-bond donors (Lipinski definition) is 4. The van der Waals surface area contributed by atoms with Crippen molar-refractivity contribution in [2.75, 3.05) is 6.61 Å². The fraction of sp³-hybridized carbons (Fsp3) is 1.00. The zero-order valence-electron chi connectivity index (χ0n) is 9.78. The van der Waals surface area contributed by atoms with Gasteiger partial charge < -0.3 is 25.2 Å². The third-order valence-electron chi connectivity index (χ3n) is 3.02. The third kappa shape index (κ3) is 3.15. The van der Waals surface area contributed by atoms with E-state index in [2.05, 4.69) is 13.8 Å². The van der Waals surface area contributed by atoms with Crippen molar-refractivity contribution < 1.29 is 25.2 Å². The van der Waals surface area contributed by atoms with E-state index in [9.17, 15) is 15.3 Å². The van der Waals surface area contributed by atoms with Gasteiger partial charge in [0, 0.05) is 0 Å². The monoisotopic (exact) mass is 234 g/mol. The van der Waals surface area contributed by atoms with Crippen LogP contribution in [-0.4, -0.2) is 57.6 Å². The van der Waals surface area contributed by atoms with Crippen LogP contribution in [0.4, 0.5) is 0 Å². The summed E-state index contributed by atoms with van der Waals surface area (Å²) in [6, 6.07) is 0. The second-order valence-electron chi connectivity index (χ2n) is 4.84. The van der Waals surface area contributed by atoms with Crippen molar-refractivity contribution in [1.82, 2.24) is 0 Å². The predicted octanol–water partition coefficient (Wildman–Crippen LogP) is -0.735. The van der Waals surface area contributed by atoms with E-state index in [0.29, 0.717) is 12.3 Å². The molecule has 0 spiro atoms. The highest BCUT2D eigenvalue weighted by Gasteiger charge is 2.42. The Bertz CT molecular complexity index is 207. The number of rotatable bonds is 4. The van der Waals surface area contributed by atoms with Crippen molar-refractivity contribution in [3.63, 3.8) is 0 Å². The molecule has 0 radical (unpaired) electrons. The van der Waals surface area contributed by atoms with Crippen molar-refractivity contribution >= 4 is 0 Å². The predicted molar refractivity (Wildman–Crippen MR) is 57.8 cm³/mol. The summed E-state index contributed by atoms with van der Waals surface area (Å²) >= 11 is 0. The van der Waals surface area contributed by atoms with E-state index >= 15 is 0 Å². The Balaban J connectivity index is 2.56. The number of ether oxygens (including phenoxy) is 1. The van der Waals surface area contributed by atoms with E-state index in [-0.39, 0.29) is 6.61 Å². The Morgan fingerprint density at radius 2 is 1.56 bits per heavy atom. The standard InChI is InChI=1S/C11H22O5/c1-6(2)3-4-7-9(13)11(15)10(14)8(5-12)16-7/h6-15H,3-5H2,1-2H3. The molecule has 1 aliphatic heterocycles. The fourth-order valence-corrected chi connectivity index (χ4v) is 1.91. The molecule has 0 aromatic rings. The summed E-state index contributed by atoms with van der Waals surface area (Å²) in [5, 5.41) is 37.8. The van der Waals surface area contributed by atoms with Gasteiger partial charge in [0.2, 0.25) is 0 Å². The van der Waals surface area contributed by atoms with Crippen molar-refractivity contribution in [2.45, 2.75) is 57.2 Å². The minimum absolute atomic E-state index is 0.358. The van der Waals surface area contributed by atoms with Gasteiger partial charge in [0.15, 0.2) is 0 Å². The number of hydrogen-bond acceptors (Lipinski definition) is 5. The van der Waals surface area contributed by atoms with E-state index in [1.807, 2.05) is 0 Å². The maximum absolute atomic E-state index is 9.72. The lowest BCUT2D eigenvalue weighted by Crippen LogP contribution is -2.58. The van der Waals surface area contributed by atoms with Gasteiger partial charge in [-0.3, -0.25) is 0 Å². The summed E-state index contributed by atoms with van der Waals surface area (Å²) in [5.74, 6) is 0.479. The molecule has 16 heavy (non-hydrogen) atoms. The Morgan fingerprint density at radius 1 is 1.00 bits per heavy atom. The highest BCUT2D eigenvalue weighted by molar-refractivity contribution is 4.91. The van der Waals surface area contributed by atoms with Crippen LogP contribution in [0.2, 0.25) is 0 Å². The normalized spacial score (nSPS) is 40.3. The van der Waals surface area contributed by atoms with Gasteiger partial charge in [-0.15, -0.1) is 0 Å². The molecule has 0 aromatic carbocycles. The van der Waals surface area contributed by atoms with Crippen LogP contribution in [0.5, 0.6) is 0 Å². The molecule has 1 aliphatic rings. The van der Waals surface area contributed by atoms with Gasteiger partial charge in [0.25, 0.3) is 0 Å². The van der Waals surface area contributed by atoms with Crippen molar-refractivity contribution in [1.29, 1.82) is 0 Å². The summed E-state index contributed by atoms with van der Waals surface area (Å²) in [4.78, 5) is 0. The van der Waals surface area contributed by atoms with Crippen molar-refractivity contribution in [3.8, 4) is 0 Å². The van der Waals surface area contributed by atoms with E-state index in [1.165, 1.54) is 0 Å². The van der Waals surface area contributed by atoms with Crippen LogP contribution in [0, 0.1) is 5.92 Å². The largest absolute Gasteiger partial charge is 0.394 e. The summed E-state index contributed by atoms with van der Waals surface area (Å²) in [7, 11) is 0. The fourth-order valence-electron chi connectivity index (χ4n) is 1.91. The quantitative estimate of drug-likeness (QED) is 0.514. The summed E-state index contributed by atoms with van der Waals surface area (Å²) in [5.41, 5.74) is 0. The van der Waals surface area contributed by atoms with Crippen LogP contribution >= 0.6 is 0 Å². The van der Waals surface area contributed by atoms with E-state index in [4.69, 9.17) is 9.84 Å². The third-order valence-corrected chi connectivity index (χ3v) is 3.02. The molecule has 0 amide bonds. The molecule has 0 bridgehead atoms. The second kappa shape index (κ2) is 5.93. The van der Waals surface area contributed by atoms with Gasteiger partial charge >= 0.3 is 0 Å². The molecule has 1 heterocycles. The van der Waals surface area contributed by atoms with Gasteiger partial charge in [-0.25, -0.2) is 0 Å². The highest BCUT2D eigenvalue weighted by Crippen LogP contribution is 2.24. The summed E-state index contributed by atoms with van der Waals surface area (Å²) in [6.07, 6.45) is -3.41. The van der Waals surface area contributed by atoms with E-state index < -0.39 is 30.5 Å². The molecule has 5 unspecified atom stereocenters. The Morgan fingerprint density at radius 3 is 2.06 bits per heavy atom. The second-order valence-corrected chi connectivity index (χ2v) is 4.84. The molecule has 1 rings (SSSR count). The smallest absolute Gasteiger partial charge is 0.111 e. The molecular weight excluding hydrogens is 212 g/mol. The van der Waals surface area contributed by atoms with E-state index in [0.717, 1.165) is 6.42 Å². The summed E-state index contributed by atoms with van der Waals surface area (Å²) < 4.78 is 5.37. The van der Waals surface area contributed by atoms with Crippen molar-refractivity contribution in [2.24, 2.45) is 5.92 Å². The average molecular weight is 234 g/mol. The maximum atomic E-state index is 9.72. The number of aliphatic hydroxyl groups excluding tert-OH is 4. The molecule has 96 valence electrons. The van der Waals surface area contributed by atoms with Gasteiger partial charge in [-0.2, -0.15) is 0 Å². The molecule has 0 saturated carbocycles. The SMILES string of the molecule is CC(C)CCC1OC(CO)C(O)C(O)C1O. The molecule has 5 heteroatoms. The van der Waals surface area contributed by atoms with Gasteiger partial charge in [-0.05, 0) is 18.8 Å². The van der Waals surface area contributed by atoms with Crippen molar-refractivity contribution in [3.05, 3.63) is 0 Å². The first-order valence-electron chi connectivity index (χ1n) is 5.78. The molecule has 1 fully saturated rings. The van der Waals surface area contributed by atoms with Gasteiger partial charge in [-0.1, -0.05) is 13.8 Å². The van der Waals surface area contributed by atoms with Crippen LogP contribution in [0.25, 0.3) is 0 Å². The van der Waals surface area contributed by atoms with Crippen LogP contribution in [-0.2, 0) is 4.74 Å². The molecule has 0 aromatic heterocycles. The topological polar surface area (TPSA) is 90.2 Å². The Labute approximate surface area is 95.7 Å². The Hall–Kier alpha value is -0.200. The molecule has 0 aliphatic carbocycles. The first-order valence-corrected chi connectivity index (χ1v) is 5.78. The minimum atomic E-state index is -1.25. The molecular formula is C11H22O5. The van der Waals surface area contributed by atoms with E-state index in [1.54, 1.807) is 0 Å². The molecule has 1 saturated heterocycles. The lowest BCUT2D eigenvalue weighted by Gasteiger charge is -2.40. The highest BCUT2D eigenvalue weighted by atomic mass is 16.5. The van der Waals surface area contributed by atoms with Crippen LogP contribution in [0.15, 0.2) is 0 Å². The first kappa shape index (κ1) is 13.9. The van der Waals surface area contributed by atoms with Crippen LogP contribution in [0.3, 0.4) is 0 Å². The van der Waals surface area contributed by atoms with Gasteiger partial charge in [0.05, 0.1) is 12.7 Å². The lowest BCUT2D eigenvalue weighted by atomic mass is 9.91. The van der Waals surface area contributed by atoms with Crippen LogP contribution < -0.4 is 0 Å². The van der Waals surface area contributed by atoms with Gasteiger partial charge in [0.1, 0.15) is 24.4 Å². The summed E-state index contributed by atoms with van der Waals surface area (Å²) in [6.45, 7) is 3.76. The molecule has 4 N–H and O–H groups in total. The zero-order valence-corrected chi connectivity index (χ0v) is 9.78. The average Bonchev–Trinajstić information content (AvgIpc) is 2.25. The molecule has 5 nitrogen and oxygen atoms in total. The zero-order chi connectivity index (χ0) is 12.3. The first-order chi connectivity index (χ1) is 7.47. The minimum Gasteiger partial charge on any atom is -0.394 e. The molecule has 5 atom stereocenters.